The molecule has 0 aliphatic rings. The first-order valence-corrected chi connectivity index (χ1v) is 7.94. The van der Waals surface area contributed by atoms with Crippen LogP contribution in [0.2, 0.25) is 0 Å². The monoisotopic (exact) mass is 347 g/mol. The van der Waals surface area contributed by atoms with Crippen LogP contribution in [-0.2, 0) is 0 Å². The van der Waals surface area contributed by atoms with Crippen molar-refractivity contribution in [3.8, 4) is 5.75 Å². The van der Waals surface area contributed by atoms with E-state index in [0.717, 1.165) is 10.2 Å². The van der Waals surface area contributed by atoms with E-state index in [1.165, 1.54) is 16.7 Å². The van der Waals surface area contributed by atoms with Crippen LogP contribution in [0.15, 0.2) is 46.9 Å². The summed E-state index contributed by atoms with van der Waals surface area (Å²) >= 11 is 3.63. The van der Waals surface area contributed by atoms with Crippen molar-refractivity contribution in [3.05, 3.63) is 63.6 Å². The fraction of sp³-hybridized carbons (Fsp3) is 0.333. The van der Waals surface area contributed by atoms with Crippen LogP contribution in [0.5, 0.6) is 5.75 Å². The number of rotatable bonds is 5. The Hall–Kier alpha value is -1.32. The second-order valence-electron chi connectivity index (χ2n) is 5.31. The summed E-state index contributed by atoms with van der Waals surface area (Å²) in [6.07, 6.45) is 0. The lowest BCUT2D eigenvalue weighted by atomic mass is 9.88. The summed E-state index contributed by atoms with van der Waals surface area (Å²) in [5, 5.41) is 3.44. The van der Waals surface area contributed by atoms with Crippen LogP contribution in [-0.4, -0.2) is 14.2 Å². The van der Waals surface area contributed by atoms with E-state index in [1.807, 2.05) is 13.1 Å². The molecular formula is C18H22BrNO. The average Bonchev–Trinajstić information content (AvgIpc) is 2.51. The first-order valence-electron chi connectivity index (χ1n) is 7.14. The molecule has 2 aromatic rings. The second-order valence-corrected chi connectivity index (χ2v) is 6.16. The van der Waals surface area contributed by atoms with Crippen molar-refractivity contribution in [1.82, 2.24) is 5.32 Å². The van der Waals surface area contributed by atoms with E-state index in [2.05, 4.69) is 71.5 Å². The standard InChI is InChI=1S/C18H22BrNO/c1-12-10-17(21-4)15(11-16(12)19)18(20-3)13(2)14-8-6-5-7-9-14/h5-11,13,18,20H,1-4H3. The number of hydrogen-bond donors (Lipinski definition) is 1. The van der Waals surface area contributed by atoms with Gasteiger partial charge in [-0.25, -0.2) is 0 Å². The molecule has 0 amide bonds. The Morgan fingerprint density at radius 1 is 1.14 bits per heavy atom. The summed E-state index contributed by atoms with van der Waals surface area (Å²) in [6, 6.07) is 15.0. The normalized spacial score (nSPS) is 13.8. The van der Waals surface area contributed by atoms with Gasteiger partial charge in [0.15, 0.2) is 0 Å². The van der Waals surface area contributed by atoms with Gasteiger partial charge in [-0.2, -0.15) is 0 Å². The maximum atomic E-state index is 5.59. The molecule has 3 heteroatoms. The van der Waals surface area contributed by atoms with Gasteiger partial charge in [-0.3, -0.25) is 0 Å². The predicted molar refractivity (Wildman–Crippen MR) is 92.1 cm³/mol. The molecule has 21 heavy (non-hydrogen) atoms. The zero-order chi connectivity index (χ0) is 15.4. The second kappa shape index (κ2) is 7.10. The van der Waals surface area contributed by atoms with Gasteiger partial charge in [0, 0.05) is 22.0 Å². The lowest BCUT2D eigenvalue weighted by Gasteiger charge is -2.26. The molecule has 0 fully saturated rings. The molecule has 0 bridgehead atoms. The number of methoxy groups -OCH3 is 1. The molecular weight excluding hydrogens is 326 g/mol. The first kappa shape index (κ1) is 16.1. The summed E-state index contributed by atoms with van der Waals surface area (Å²) in [4.78, 5) is 0. The summed E-state index contributed by atoms with van der Waals surface area (Å²) in [5.74, 6) is 1.28. The van der Waals surface area contributed by atoms with E-state index in [-0.39, 0.29) is 6.04 Å². The van der Waals surface area contributed by atoms with Gasteiger partial charge in [-0.05, 0) is 37.2 Å². The van der Waals surface area contributed by atoms with Crippen molar-refractivity contribution < 1.29 is 4.74 Å². The van der Waals surface area contributed by atoms with Crippen LogP contribution in [0.4, 0.5) is 0 Å². The molecule has 0 aromatic heterocycles. The van der Waals surface area contributed by atoms with E-state index in [1.54, 1.807) is 7.11 Å². The molecule has 0 aliphatic carbocycles. The van der Waals surface area contributed by atoms with Crippen LogP contribution >= 0.6 is 15.9 Å². The predicted octanol–water partition coefficient (Wildman–Crippen LogP) is 4.83. The maximum absolute atomic E-state index is 5.59. The third-order valence-electron chi connectivity index (χ3n) is 3.98. The summed E-state index contributed by atoms with van der Waals surface area (Å²) in [7, 11) is 3.73. The molecule has 2 rings (SSSR count). The fourth-order valence-corrected chi connectivity index (χ4v) is 3.08. The Labute approximate surface area is 135 Å². The van der Waals surface area contributed by atoms with E-state index in [9.17, 15) is 0 Å². The highest BCUT2D eigenvalue weighted by Gasteiger charge is 2.23. The van der Waals surface area contributed by atoms with Crippen LogP contribution in [0.1, 0.15) is 35.6 Å². The smallest absolute Gasteiger partial charge is 0.123 e. The number of likely N-dealkylation sites (N-methyl/N-ethyl adjacent to an activating group) is 1. The number of ether oxygens (including phenoxy) is 1. The van der Waals surface area contributed by atoms with Gasteiger partial charge < -0.3 is 10.1 Å². The van der Waals surface area contributed by atoms with E-state index < -0.39 is 0 Å². The molecule has 2 aromatic carbocycles. The molecule has 112 valence electrons. The van der Waals surface area contributed by atoms with Crippen LogP contribution in [0, 0.1) is 6.92 Å². The zero-order valence-electron chi connectivity index (χ0n) is 13.0. The summed E-state index contributed by atoms with van der Waals surface area (Å²) in [5.41, 5.74) is 3.67. The number of aryl methyl sites for hydroxylation is 1. The average molecular weight is 348 g/mol. The molecule has 0 saturated heterocycles. The highest BCUT2D eigenvalue weighted by molar-refractivity contribution is 9.10. The SMILES string of the molecule is CNC(c1cc(Br)c(C)cc1OC)C(C)c1ccccc1. The Kier molecular flexibility index (Phi) is 5.43. The molecule has 2 unspecified atom stereocenters. The minimum absolute atomic E-state index is 0.194. The van der Waals surface area contributed by atoms with Gasteiger partial charge in [0.25, 0.3) is 0 Å². The fourth-order valence-electron chi connectivity index (χ4n) is 2.71. The number of nitrogens with one attached hydrogen (secondary N) is 1. The zero-order valence-corrected chi connectivity index (χ0v) is 14.6. The van der Waals surface area contributed by atoms with Gasteiger partial charge in [0.05, 0.1) is 7.11 Å². The lowest BCUT2D eigenvalue weighted by molar-refractivity contribution is 0.394. The van der Waals surface area contributed by atoms with Gasteiger partial charge >= 0.3 is 0 Å². The minimum Gasteiger partial charge on any atom is -0.496 e. The van der Waals surface area contributed by atoms with Crippen LogP contribution in [0.3, 0.4) is 0 Å². The third kappa shape index (κ3) is 3.47. The van der Waals surface area contributed by atoms with E-state index in [4.69, 9.17) is 4.74 Å². The highest BCUT2D eigenvalue weighted by Crippen LogP contribution is 2.37. The Balaban J connectivity index is 2.44. The molecule has 0 saturated carbocycles. The van der Waals surface area contributed by atoms with E-state index in [0.29, 0.717) is 5.92 Å². The summed E-state index contributed by atoms with van der Waals surface area (Å²) in [6.45, 7) is 4.31. The van der Waals surface area contributed by atoms with Crippen LogP contribution < -0.4 is 10.1 Å². The van der Waals surface area contributed by atoms with Crippen molar-refractivity contribution in [2.45, 2.75) is 25.8 Å². The van der Waals surface area contributed by atoms with Gasteiger partial charge in [-0.1, -0.05) is 53.2 Å². The molecule has 0 heterocycles. The molecule has 2 atom stereocenters. The molecule has 0 spiro atoms. The van der Waals surface area contributed by atoms with Gasteiger partial charge in [0.1, 0.15) is 5.75 Å². The maximum Gasteiger partial charge on any atom is 0.123 e. The van der Waals surface area contributed by atoms with Crippen LogP contribution in [0.25, 0.3) is 0 Å². The molecule has 1 N–H and O–H groups in total. The number of hydrogen-bond acceptors (Lipinski definition) is 2. The van der Waals surface area contributed by atoms with Crippen molar-refractivity contribution in [2.75, 3.05) is 14.2 Å². The topological polar surface area (TPSA) is 21.3 Å². The van der Waals surface area contributed by atoms with Crippen molar-refractivity contribution in [1.29, 1.82) is 0 Å². The largest absolute Gasteiger partial charge is 0.496 e. The summed E-state index contributed by atoms with van der Waals surface area (Å²) < 4.78 is 6.70. The Bertz CT molecular complexity index is 598. The van der Waals surface area contributed by atoms with Crippen molar-refractivity contribution >= 4 is 15.9 Å². The van der Waals surface area contributed by atoms with Crippen molar-refractivity contribution in [3.63, 3.8) is 0 Å². The molecule has 0 aliphatic heterocycles. The lowest BCUT2D eigenvalue weighted by Crippen LogP contribution is -2.23. The highest BCUT2D eigenvalue weighted by atomic mass is 79.9. The third-order valence-corrected chi connectivity index (χ3v) is 4.84. The van der Waals surface area contributed by atoms with Gasteiger partial charge in [-0.15, -0.1) is 0 Å². The molecule has 0 radical (unpaired) electrons. The van der Waals surface area contributed by atoms with Gasteiger partial charge in [0.2, 0.25) is 0 Å². The Morgan fingerprint density at radius 3 is 2.38 bits per heavy atom. The Morgan fingerprint density at radius 2 is 1.81 bits per heavy atom. The number of benzene rings is 2. The van der Waals surface area contributed by atoms with E-state index >= 15 is 0 Å². The first-order chi connectivity index (χ1) is 10.1. The quantitative estimate of drug-likeness (QED) is 0.836. The minimum atomic E-state index is 0.194. The molecule has 2 nitrogen and oxygen atoms in total. The van der Waals surface area contributed by atoms with Crippen molar-refractivity contribution in [2.24, 2.45) is 0 Å². The number of halogens is 1.